The van der Waals surface area contributed by atoms with Crippen LogP contribution in [0.15, 0.2) is 77.9 Å². The van der Waals surface area contributed by atoms with Gasteiger partial charge < -0.3 is 5.32 Å². The number of nitrogens with one attached hydrogen (secondary N) is 2. The Morgan fingerprint density at radius 1 is 1.00 bits per heavy atom. The molecule has 26 heavy (non-hydrogen) atoms. The van der Waals surface area contributed by atoms with Crippen molar-refractivity contribution in [3.8, 4) is 17.2 Å². The van der Waals surface area contributed by atoms with Crippen LogP contribution in [-0.4, -0.2) is 25.0 Å². The van der Waals surface area contributed by atoms with E-state index in [1.54, 1.807) is 6.07 Å². The van der Waals surface area contributed by atoms with Crippen LogP contribution in [0, 0.1) is 0 Å². The van der Waals surface area contributed by atoms with Gasteiger partial charge in [-0.05, 0) is 23.8 Å². The molecule has 0 fully saturated rings. The minimum absolute atomic E-state index is 0.226. The molecule has 2 heterocycles. The van der Waals surface area contributed by atoms with Gasteiger partial charge in [-0.25, -0.2) is 4.98 Å². The maximum atomic E-state index is 12.9. The zero-order valence-electron chi connectivity index (χ0n) is 13.8. The highest BCUT2D eigenvalue weighted by Crippen LogP contribution is 2.15. The molecule has 4 aromatic rings. The van der Waals surface area contributed by atoms with Gasteiger partial charge in [0.15, 0.2) is 5.82 Å². The quantitative estimate of drug-likeness (QED) is 0.581. The molecule has 0 bridgehead atoms. The van der Waals surface area contributed by atoms with E-state index in [1.807, 2.05) is 60.7 Å². The molecule has 0 spiro atoms. The summed E-state index contributed by atoms with van der Waals surface area (Å²) in [6, 6.07) is 20.9. The van der Waals surface area contributed by atoms with Crippen molar-refractivity contribution in [3.05, 3.63) is 89.0 Å². The fourth-order valence-corrected chi connectivity index (χ4v) is 2.60. The Bertz CT molecular complexity index is 1040. The van der Waals surface area contributed by atoms with Gasteiger partial charge in [0.2, 0.25) is 0 Å². The second kappa shape index (κ2) is 7.02. The lowest BCUT2D eigenvalue weighted by Crippen LogP contribution is -2.25. The van der Waals surface area contributed by atoms with Crippen LogP contribution in [0.1, 0.15) is 5.56 Å². The Kier molecular flexibility index (Phi) is 4.26. The Morgan fingerprint density at radius 2 is 1.73 bits per heavy atom. The number of anilines is 1. The minimum Gasteiger partial charge on any atom is -0.376 e. The number of para-hydroxylation sites is 1. The molecule has 128 valence electrons. The third-order valence-corrected chi connectivity index (χ3v) is 3.90. The monoisotopic (exact) mass is 344 g/mol. The molecule has 7 heteroatoms. The van der Waals surface area contributed by atoms with Gasteiger partial charge in [-0.2, -0.15) is 14.9 Å². The van der Waals surface area contributed by atoms with E-state index in [-0.39, 0.29) is 5.56 Å². The lowest BCUT2D eigenvalue weighted by Gasteiger charge is -2.11. The molecular weight excluding hydrogens is 328 g/mol. The fraction of sp³-hybridized carbons (Fsp3) is 0.0526. The van der Waals surface area contributed by atoms with Gasteiger partial charge in [-0.3, -0.25) is 9.89 Å². The molecule has 0 aliphatic carbocycles. The van der Waals surface area contributed by atoms with Gasteiger partial charge in [-0.1, -0.05) is 48.5 Å². The highest BCUT2D eigenvalue weighted by Gasteiger charge is 2.13. The van der Waals surface area contributed by atoms with Crippen molar-refractivity contribution in [3.63, 3.8) is 0 Å². The zero-order valence-corrected chi connectivity index (χ0v) is 13.8. The number of H-pyrrole nitrogens is 1. The highest BCUT2D eigenvalue weighted by molar-refractivity contribution is 5.57. The van der Waals surface area contributed by atoms with Crippen molar-refractivity contribution in [2.45, 2.75) is 6.54 Å². The Morgan fingerprint density at radius 3 is 2.42 bits per heavy atom. The predicted molar refractivity (Wildman–Crippen MR) is 99.0 cm³/mol. The van der Waals surface area contributed by atoms with Crippen LogP contribution in [0.3, 0.4) is 0 Å². The average molecular weight is 344 g/mol. The van der Waals surface area contributed by atoms with E-state index in [1.165, 1.54) is 11.0 Å². The van der Waals surface area contributed by atoms with Crippen molar-refractivity contribution in [1.29, 1.82) is 0 Å². The largest absolute Gasteiger partial charge is 0.376 e. The summed E-state index contributed by atoms with van der Waals surface area (Å²) in [7, 11) is 0. The summed E-state index contributed by atoms with van der Waals surface area (Å²) in [4.78, 5) is 17.0. The number of rotatable bonds is 5. The Balaban J connectivity index is 1.77. The molecule has 4 rings (SSSR count). The first kappa shape index (κ1) is 15.8. The number of aromatic amines is 1. The molecule has 2 N–H and O–H groups in total. The average Bonchev–Trinajstić information content (AvgIpc) is 3.23. The molecule has 0 atom stereocenters. The van der Waals surface area contributed by atoms with Gasteiger partial charge in [0, 0.05) is 6.54 Å². The van der Waals surface area contributed by atoms with E-state index in [0.29, 0.717) is 29.4 Å². The van der Waals surface area contributed by atoms with Crippen LogP contribution in [0.2, 0.25) is 0 Å². The third kappa shape index (κ3) is 3.23. The topological polar surface area (TPSA) is 88.5 Å². The summed E-state index contributed by atoms with van der Waals surface area (Å²) in [6.07, 6.45) is 1.41. The smallest absolute Gasteiger partial charge is 0.294 e. The second-order valence-electron chi connectivity index (χ2n) is 5.67. The summed E-state index contributed by atoms with van der Waals surface area (Å²) >= 11 is 0. The first-order chi connectivity index (χ1) is 12.8. The van der Waals surface area contributed by atoms with Crippen LogP contribution in [-0.2, 0) is 6.54 Å². The highest BCUT2D eigenvalue weighted by atomic mass is 16.1. The van der Waals surface area contributed by atoms with Crippen LogP contribution >= 0.6 is 0 Å². The van der Waals surface area contributed by atoms with Crippen LogP contribution in [0.5, 0.6) is 0 Å². The maximum absolute atomic E-state index is 12.9. The number of hydrogen-bond acceptors (Lipinski definition) is 5. The lowest BCUT2D eigenvalue weighted by atomic mass is 10.2. The van der Waals surface area contributed by atoms with Gasteiger partial charge >= 0.3 is 0 Å². The predicted octanol–water partition coefficient (Wildman–Crippen LogP) is 2.63. The molecule has 0 saturated heterocycles. The molecule has 0 unspecified atom stereocenters. The maximum Gasteiger partial charge on any atom is 0.294 e. The number of nitrogens with zero attached hydrogens (tertiary/aromatic N) is 4. The number of hydrogen-bond donors (Lipinski definition) is 2. The molecule has 0 saturated carbocycles. The third-order valence-electron chi connectivity index (χ3n) is 3.90. The normalized spacial score (nSPS) is 10.6. The van der Waals surface area contributed by atoms with Crippen molar-refractivity contribution < 1.29 is 0 Å². The summed E-state index contributed by atoms with van der Waals surface area (Å²) in [6.45, 7) is 0.532. The summed E-state index contributed by atoms with van der Waals surface area (Å²) in [5, 5.41) is 14.3. The summed E-state index contributed by atoms with van der Waals surface area (Å²) in [5.74, 6) is 0.498. The Labute approximate surface area is 149 Å². The molecule has 0 amide bonds. The number of benzene rings is 2. The Hall–Kier alpha value is -3.74. The summed E-state index contributed by atoms with van der Waals surface area (Å²) in [5.41, 5.74) is 2.51. The fourth-order valence-electron chi connectivity index (χ4n) is 2.60. The first-order valence-electron chi connectivity index (χ1n) is 8.14. The molecule has 2 aromatic heterocycles. The van der Waals surface area contributed by atoms with Crippen LogP contribution in [0.4, 0.5) is 5.69 Å². The minimum atomic E-state index is -0.226. The molecule has 7 nitrogen and oxygen atoms in total. The van der Waals surface area contributed by atoms with Gasteiger partial charge in [0.05, 0.1) is 5.69 Å². The number of aromatic nitrogens is 5. The lowest BCUT2D eigenvalue weighted by molar-refractivity contribution is 0.807. The molecule has 2 aromatic carbocycles. The van der Waals surface area contributed by atoms with E-state index < -0.39 is 0 Å². The second-order valence-corrected chi connectivity index (χ2v) is 5.67. The van der Waals surface area contributed by atoms with E-state index in [2.05, 4.69) is 25.6 Å². The van der Waals surface area contributed by atoms with E-state index in [0.717, 1.165) is 5.56 Å². The van der Waals surface area contributed by atoms with E-state index in [9.17, 15) is 4.79 Å². The molecule has 0 radical (unpaired) electrons. The van der Waals surface area contributed by atoms with E-state index in [4.69, 9.17) is 0 Å². The van der Waals surface area contributed by atoms with E-state index >= 15 is 0 Å². The molecule has 0 aliphatic heterocycles. The summed E-state index contributed by atoms with van der Waals surface area (Å²) < 4.78 is 1.37. The van der Waals surface area contributed by atoms with Crippen LogP contribution < -0.4 is 10.9 Å². The van der Waals surface area contributed by atoms with Crippen molar-refractivity contribution in [1.82, 2.24) is 25.0 Å². The SMILES string of the molecule is O=c1c(NCc2ccccc2)cc(-c2ncn[nH]2)nn1-c1ccccc1. The molecular formula is C19H16N6O. The van der Waals surface area contributed by atoms with Gasteiger partial charge in [0.25, 0.3) is 5.56 Å². The van der Waals surface area contributed by atoms with Gasteiger partial charge in [0.1, 0.15) is 17.7 Å². The standard InChI is InChI=1S/C19H16N6O/c26-19-17(20-12-14-7-3-1-4-8-14)11-16(18-21-13-22-23-18)24-25(19)15-9-5-2-6-10-15/h1-11,13,20H,12H2,(H,21,22,23). The first-order valence-corrected chi connectivity index (χ1v) is 8.14. The van der Waals surface area contributed by atoms with Gasteiger partial charge in [-0.15, -0.1) is 0 Å². The van der Waals surface area contributed by atoms with Crippen molar-refractivity contribution in [2.24, 2.45) is 0 Å². The van der Waals surface area contributed by atoms with Crippen molar-refractivity contribution in [2.75, 3.05) is 5.32 Å². The van der Waals surface area contributed by atoms with Crippen LogP contribution in [0.25, 0.3) is 17.2 Å². The molecule has 0 aliphatic rings. The van der Waals surface area contributed by atoms with Crippen molar-refractivity contribution >= 4 is 5.69 Å². The zero-order chi connectivity index (χ0) is 17.8.